The van der Waals surface area contributed by atoms with Gasteiger partial charge in [-0.15, -0.1) is 0 Å². The number of benzene rings is 4. The first-order valence-corrected chi connectivity index (χ1v) is 14.5. The average Bonchev–Trinajstić information content (AvgIpc) is 2.95. The first-order chi connectivity index (χ1) is 19.8. The normalized spacial score (nSPS) is 13.3. The van der Waals surface area contributed by atoms with Crippen LogP contribution in [0.15, 0.2) is 103 Å². The summed E-state index contributed by atoms with van der Waals surface area (Å²) in [7, 11) is 0. The van der Waals surface area contributed by atoms with Crippen molar-refractivity contribution in [3.63, 3.8) is 0 Å². The summed E-state index contributed by atoms with van der Waals surface area (Å²) in [5.41, 5.74) is 0.528. The molecule has 0 saturated heterocycles. The van der Waals surface area contributed by atoms with Crippen LogP contribution in [-0.4, -0.2) is 30.2 Å². The van der Waals surface area contributed by atoms with E-state index >= 15 is 0 Å². The van der Waals surface area contributed by atoms with Crippen LogP contribution >= 0.6 is 22.6 Å². The summed E-state index contributed by atoms with van der Waals surface area (Å²) in [6.45, 7) is 1.08. The number of rotatable bonds is 14. The molecule has 214 valence electrons. The lowest BCUT2D eigenvalue weighted by Crippen LogP contribution is -2.44. The van der Waals surface area contributed by atoms with E-state index in [2.05, 4.69) is 39.3 Å². The molecule has 0 heterocycles. The van der Waals surface area contributed by atoms with Gasteiger partial charge in [-0.2, -0.15) is 0 Å². The largest absolute Gasteiger partial charge is 0.490 e. The highest BCUT2D eigenvalue weighted by Crippen LogP contribution is 2.27. The van der Waals surface area contributed by atoms with E-state index in [1.165, 1.54) is 12.1 Å². The van der Waals surface area contributed by atoms with Gasteiger partial charge in [-0.3, -0.25) is 4.79 Å². The van der Waals surface area contributed by atoms with Gasteiger partial charge in [-0.1, -0.05) is 60.7 Å². The highest BCUT2D eigenvalue weighted by Gasteiger charge is 2.34. The maximum absolute atomic E-state index is 13.9. The summed E-state index contributed by atoms with van der Waals surface area (Å²) in [5.74, 6) is -1.16. The van der Waals surface area contributed by atoms with Gasteiger partial charge in [0.05, 0.1) is 6.42 Å². The van der Waals surface area contributed by atoms with Gasteiger partial charge >= 0.3 is 0 Å². The van der Waals surface area contributed by atoms with Gasteiger partial charge in [0.25, 0.3) is 0 Å². The summed E-state index contributed by atoms with van der Waals surface area (Å²) < 4.78 is 34.8. The summed E-state index contributed by atoms with van der Waals surface area (Å²) in [4.78, 5) is 13.4. The molecule has 0 fully saturated rings. The highest BCUT2D eigenvalue weighted by atomic mass is 127. The third-order valence-electron chi connectivity index (χ3n) is 6.64. The minimum absolute atomic E-state index is 0.133. The fourth-order valence-corrected chi connectivity index (χ4v) is 5.25. The van der Waals surface area contributed by atoms with Crippen molar-refractivity contribution in [3.05, 3.63) is 135 Å². The predicted octanol–water partition coefficient (Wildman–Crippen LogP) is 6.13. The molecule has 0 aliphatic carbocycles. The Balaban J connectivity index is 1.45. The molecule has 0 bridgehead atoms. The van der Waals surface area contributed by atoms with E-state index in [1.807, 2.05) is 42.5 Å². The molecular formula is C33H33F2IN2O3. The van der Waals surface area contributed by atoms with Gasteiger partial charge in [0, 0.05) is 22.2 Å². The number of aliphatic hydroxyl groups is 1. The van der Waals surface area contributed by atoms with Crippen LogP contribution in [-0.2, 0) is 23.4 Å². The molecular weight excluding hydrogens is 637 g/mol. The first-order valence-electron chi connectivity index (χ1n) is 13.4. The molecule has 8 heteroatoms. The second-order valence-electron chi connectivity index (χ2n) is 10.0. The number of halogens is 3. The zero-order valence-electron chi connectivity index (χ0n) is 22.5. The van der Waals surface area contributed by atoms with Crippen molar-refractivity contribution < 1.29 is 23.4 Å². The minimum atomic E-state index is -1.60. The molecule has 4 aromatic rings. The minimum Gasteiger partial charge on any atom is -0.490 e. The molecule has 0 spiro atoms. The molecule has 4 rings (SSSR count). The van der Waals surface area contributed by atoms with E-state index in [9.17, 15) is 18.7 Å². The number of nitrogens with one attached hydrogen (secondary N) is 2. The van der Waals surface area contributed by atoms with Crippen LogP contribution in [0.5, 0.6) is 5.75 Å². The number of para-hydroxylation sites is 1. The number of hydrogen-bond donors (Lipinski definition) is 3. The second kappa shape index (κ2) is 15.0. The van der Waals surface area contributed by atoms with E-state index in [0.29, 0.717) is 36.4 Å². The van der Waals surface area contributed by atoms with E-state index in [1.54, 1.807) is 36.4 Å². The van der Waals surface area contributed by atoms with Crippen molar-refractivity contribution in [2.45, 2.75) is 37.5 Å². The van der Waals surface area contributed by atoms with Crippen molar-refractivity contribution in [1.82, 2.24) is 10.6 Å². The van der Waals surface area contributed by atoms with Crippen LogP contribution in [0, 0.1) is 15.2 Å². The van der Waals surface area contributed by atoms with Crippen LogP contribution in [0.3, 0.4) is 0 Å². The molecule has 0 radical (unpaired) electrons. The monoisotopic (exact) mass is 670 g/mol. The van der Waals surface area contributed by atoms with Gasteiger partial charge in [0.15, 0.2) is 0 Å². The zero-order chi connectivity index (χ0) is 29.1. The Labute approximate surface area is 253 Å². The van der Waals surface area contributed by atoms with Crippen LogP contribution in [0.1, 0.15) is 29.5 Å². The maximum Gasteiger partial charge on any atom is 0.223 e. The van der Waals surface area contributed by atoms with Crippen LogP contribution in [0.4, 0.5) is 8.78 Å². The quantitative estimate of drug-likeness (QED) is 0.112. The smallest absolute Gasteiger partial charge is 0.223 e. The van der Waals surface area contributed by atoms with E-state index in [4.69, 9.17) is 4.74 Å². The van der Waals surface area contributed by atoms with E-state index < -0.39 is 29.2 Å². The van der Waals surface area contributed by atoms with Gasteiger partial charge < -0.3 is 20.5 Å². The third kappa shape index (κ3) is 9.91. The van der Waals surface area contributed by atoms with Crippen molar-refractivity contribution in [3.8, 4) is 5.75 Å². The van der Waals surface area contributed by atoms with Gasteiger partial charge in [0.2, 0.25) is 5.91 Å². The zero-order valence-corrected chi connectivity index (χ0v) is 24.7. The predicted molar refractivity (Wildman–Crippen MR) is 164 cm³/mol. The Morgan fingerprint density at radius 2 is 1.56 bits per heavy atom. The topological polar surface area (TPSA) is 70.6 Å². The fraction of sp³-hybridized carbons (Fsp3) is 0.242. The summed E-state index contributed by atoms with van der Waals surface area (Å²) in [6, 6.07) is 29.1. The summed E-state index contributed by atoms with van der Waals surface area (Å²) in [5, 5.41) is 18.0. The lowest BCUT2D eigenvalue weighted by molar-refractivity contribution is -0.129. The Morgan fingerprint density at radius 3 is 2.24 bits per heavy atom. The van der Waals surface area contributed by atoms with Gasteiger partial charge in [-0.05, 0) is 95.1 Å². The molecule has 4 aromatic carbocycles. The molecule has 3 N–H and O–H groups in total. The lowest BCUT2D eigenvalue weighted by Gasteiger charge is -2.29. The van der Waals surface area contributed by atoms with Gasteiger partial charge in [-0.25, -0.2) is 8.78 Å². The fourth-order valence-electron chi connectivity index (χ4n) is 4.64. The molecule has 0 aliphatic heterocycles. The molecule has 0 aromatic heterocycles. The SMILES string of the molecule is O=C(CC(O)(COc1ccccc1)c1ccccc1)N[C@H](CCNCc1cccc(I)c1)Cc1cc(F)cc(F)c1. The summed E-state index contributed by atoms with van der Waals surface area (Å²) in [6.07, 6.45) is 0.488. The Bertz CT molecular complexity index is 1390. The molecule has 41 heavy (non-hydrogen) atoms. The molecule has 0 saturated carbocycles. The first kappa shape index (κ1) is 30.6. The van der Waals surface area contributed by atoms with Crippen molar-refractivity contribution in [2.24, 2.45) is 0 Å². The van der Waals surface area contributed by atoms with Crippen LogP contribution in [0.25, 0.3) is 0 Å². The Kier molecular flexibility index (Phi) is 11.2. The van der Waals surface area contributed by atoms with E-state index in [0.717, 1.165) is 15.2 Å². The lowest BCUT2D eigenvalue weighted by atomic mass is 9.90. The Morgan fingerprint density at radius 1 is 0.878 bits per heavy atom. The summed E-state index contributed by atoms with van der Waals surface area (Å²) >= 11 is 2.27. The molecule has 5 nitrogen and oxygen atoms in total. The van der Waals surface area contributed by atoms with Crippen molar-refractivity contribution >= 4 is 28.5 Å². The van der Waals surface area contributed by atoms with Crippen LogP contribution < -0.4 is 15.4 Å². The number of hydrogen-bond acceptors (Lipinski definition) is 4. The third-order valence-corrected chi connectivity index (χ3v) is 7.31. The van der Waals surface area contributed by atoms with E-state index in [-0.39, 0.29) is 19.4 Å². The Hall–Kier alpha value is -3.34. The maximum atomic E-state index is 13.9. The van der Waals surface area contributed by atoms with Crippen molar-refractivity contribution in [2.75, 3.05) is 13.2 Å². The average molecular weight is 671 g/mol. The van der Waals surface area contributed by atoms with Crippen LogP contribution in [0.2, 0.25) is 0 Å². The highest BCUT2D eigenvalue weighted by molar-refractivity contribution is 14.1. The molecule has 1 unspecified atom stereocenters. The number of carbonyl (C=O) groups excluding carboxylic acids is 1. The van der Waals surface area contributed by atoms with Gasteiger partial charge in [0.1, 0.15) is 29.6 Å². The van der Waals surface area contributed by atoms with Crippen molar-refractivity contribution in [1.29, 1.82) is 0 Å². The second-order valence-corrected chi connectivity index (χ2v) is 11.3. The molecule has 2 atom stereocenters. The number of amides is 1. The number of carbonyl (C=O) groups is 1. The molecule has 1 amide bonds. The standard InChI is InChI=1S/C33H33F2IN2O3/c34-27-16-25(17-28(35)20-27)19-30(14-15-37-22-24-8-7-11-29(36)18-24)38-32(39)21-33(40,26-9-3-1-4-10-26)23-41-31-12-5-2-6-13-31/h1-13,16-18,20,30,37,40H,14-15,19,21-23H2,(H,38,39)/t30-,33?/m1/s1. The molecule has 0 aliphatic rings. The number of ether oxygens (including phenoxy) is 1.